The first kappa shape index (κ1) is 17.9. The van der Waals surface area contributed by atoms with Crippen LogP contribution in [0.5, 0.6) is 0 Å². The molecule has 1 aliphatic heterocycles. The second-order valence-corrected chi connectivity index (χ2v) is 4.90. The minimum absolute atomic E-state index is 0.467. The Balaban J connectivity index is 3.20. The zero-order valence-corrected chi connectivity index (χ0v) is 13.8. The molecule has 0 spiro atoms. The van der Waals surface area contributed by atoms with Crippen LogP contribution in [0.1, 0.15) is 53.9 Å². The molecule has 0 aliphatic carbocycles. The summed E-state index contributed by atoms with van der Waals surface area (Å²) in [6.45, 7) is 11.6. The summed E-state index contributed by atoms with van der Waals surface area (Å²) in [5, 5.41) is 0. The summed E-state index contributed by atoms with van der Waals surface area (Å²) in [4.78, 5) is 0. The smallest absolute Gasteiger partial charge is 0.301 e. The van der Waals surface area contributed by atoms with E-state index in [-0.39, 0.29) is 0 Å². The first-order valence-electron chi connectivity index (χ1n) is 7.74. The lowest BCUT2D eigenvalue weighted by Gasteiger charge is -2.65. The van der Waals surface area contributed by atoms with Crippen LogP contribution in [0.4, 0.5) is 0 Å². The van der Waals surface area contributed by atoms with Crippen molar-refractivity contribution in [2.24, 2.45) is 5.41 Å². The van der Waals surface area contributed by atoms with Gasteiger partial charge in [-0.3, -0.25) is 4.74 Å². The molecule has 1 fully saturated rings. The Hall–Kier alpha value is -0.200. The Morgan fingerprint density at radius 1 is 0.800 bits per heavy atom. The van der Waals surface area contributed by atoms with Crippen molar-refractivity contribution in [3.05, 3.63) is 0 Å². The average Bonchev–Trinajstić information content (AvgIpc) is 2.44. The Kier molecular flexibility index (Phi) is 6.41. The van der Waals surface area contributed by atoms with Crippen molar-refractivity contribution in [1.29, 1.82) is 0 Å². The van der Waals surface area contributed by atoms with Crippen molar-refractivity contribution >= 4 is 0 Å². The predicted octanol–water partition coefficient (Wildman–Crippen LogP) is 3.28. The van der Waals surface area contributed by atoms with Gasteiger partial charge in [-0.1, -0.05) is 20.3 Å². The van der Waals surface area contributed by atoms with Crippen LogP contribution in [0.15, 0.2) is 0 Å². The van der Waals surface area contributed by atoms with Gasteiger partial charge >= 0.3 is 11.9 Å². The second kappa shape index (κ2) is 7.18. The van der Waals surface area contributed by atoms with Crippen molar-refractivity contribution in [3.63, 3.8) is 0 Å². The van der Waals surface area contributed by atoms with Crippen molar-refractivity contribution in [2.45, 2.75) is 65.8 Å². The Labute approximate surface area is 122 Å². The van der Waals surface area contributed by atoms with E-state index in [1.165, 1.54) is 0 Å². The molecular weight excluding hydrogens is 260 g/mol. The number of methoxy groups -OCH3 is 1. The van der Waals surface area contributed by atoms with Crippen LogP contribution in [-0.4, -0.2) is 38.9 Å². The average molecular weight is 290 g/mol. The molecule has 1 heterocycles. The first-order valence-corrected chi connectivity index (χ1v) is 7.74. The summed E-state index contributed by atoms with van der Waals surface area (Å²) < 4.78 is 29.1. The van der Waals surface area contributed by atoms with E-state index in [1.54, 1.807) is 7.11 Å². The number of ether oxygens (including phenoxy) is 5. The largest absolute Gasteiger partial charge is 0.330 e. The third-order valence-electron chi connectivity index (χ3n) is 3.99. The van der Waals surface area contributed by atoms with Crippen LogP contribution in [0.2, 0.25) is 0 Å². The maximum absolute atomic E-state index is 5.96. The fourth-order valence-corrected chi connectivity index (χ4v) is 3.27. The molecule has 1 rings (SSSR count). The Bertz CT molecular complexity index is 290. The molecule has 5 nitrogen and oxygen atoms in total. The summed E-state index contributed by atoms with van der Waals surface area (Å²) in [7, 11) is 1.61. The molecule has 0 bridgehead atoms. The molecule has 0 aromatic carbocycles. The van der Waals surface area contributed by atoms with Gasteiger partial charge in [0.15, 0.2) is 0 Å². The third kappa shape index (κ3) is 2.40. The molecule has 5 heteroatoms. The summed E-state index contributed by atoms with van der Waals surface area (Å²) in [5.74, 6) is -2.16. The van der Waals surface area contributed by atoms with Crippen LogP contribution in [0.3, 0.4) is 0 Å². The number of hydrogen-bond acceptors (Lipinski definition) is 5. The van der Waals surface area contributed by atoms with Crippen molar-refractivity contribution in [3.8, 4) is 0 Å². The minimum atomic E-state index is -1.09. The molecule has 0 amide bonds. The standard InChI is InChI=1S/C15H30O5/c1-7-12-13(8-2)14(16-6,17-9-3)20-15(13,18-10-4)19-11-5/h7-12H2,1-6H3. The van der Waals surface area contributed by atoms with Crippen LogP contribution in [0, 0.1) is 5.41 Å². The van der Waals surface area contributed by atoms with Crippen LogP contribution >= 0.6 is 0 Å². The van der Waals surface area contributed by atoms with Crippen LogP contribution < -0.4 is 0 Å². The van der Waals surface area contributed by atoms with Gasteiger partial charge in [-0.2, -0.15) is 0 Å². The van der Waals surface area contributed by atoms with Crippen molar-refractivity contribution in [2.75, 3.05) is 26.9 Å². The molecule has 2 unspecified atom stereocenters. The molecule has 20 heavy (non-hydrogen) atoms. The van der Waals surface area contributed by atoms with Gasteiger partial charge in [0.05, 0.1) is 0 Å². The first-order chi connectivity index (χ1) is 9.57. The van der Waals surface area contributed by atoms with E-state index in [4.69, 9.17) is 23.7 Å². The summed E-state index contributed by atoms with van der Waals surface area (Å²) in [5.41, 5.74) is -0.467. The Morgan fingerprint density at radius 3 is 1.65 bits per heavy atom. The maximum Gasteiger partial charge on any atom is 0.301 e. The third-order valence-corrected chi connectivity index (χ3v) is 3.99. The van der Waals surface area contributed by atoms with E-state index in [0.29, 0.717) is 19.8 Å². The molecule has 0 radical (unpaired) electrons. The highest BCUT2D eigenvalue weighted by Crippen LogP contribution is 2.63. The molecular formula is C15H30O5. The predicted molar refractivity (Wildman–Crippen MR) is 76.1 cm³/mol. The van der Waals surface area contributed by atoms with Crippen LogP contribution in [0.25, 0.3) is 0 Å². The SMILES string of the molecule is CCCC1(CC)C(OC)(OCC)OC1(OCC)OCC. The van der Waals surface area contributed by atoms with E-state index in [2.05, 4.69) is 13.8 Å². The zero-order valence-electron chi connectivity index (χ0n) is 13.8. The van der Waals surface area contributed by atoms with Gasteiger partial charge < -0.3 is 18.9 Å². The van der Waals surface area contributed by atoms with Crippen LogP contribution in [-0.2, 0) is 23.7 Å². The summed E-state index contributed by atoms with van der Waals surface area (Å²) in [6, 6.07) is 0. The monoisotopic (exact) mass is 290 g/mol. The van der Waals surface area contributed by atoms with Gasteiger partial charge in [0.25, 0.3) is 0 Å². The quantitative estimate of drug-likeness (QED) is 0.578. The highest BCUT2D eigenvalue weighted by molar-refractivity contribution is 5.04. The van der Waals surface area contributed by atoms with Gasteiger partial charge in [-0.15, -0.1) is 0 Å². The number of hydrogen-bond donors (Lipinski definition) is 0. The van der Waals surface area contributed by atoms with Gasteiger partial charge in [0, 0.05) is 26.9 Å². The lowest BCUT2D eigenvalue weighted by atomic mass is 9.70. The lowest BCUT2D eigenvalue weighted by Crippen LogP contribution is -2.80. The summed E-state index contributed by atoms with van der Waals surface area (Å²) in [6.07, 6.45) is 2.60. The summed E-state index contributed by atoms with van der Waals surface area (Å²) >= 11 is 0. The molecule has 1 saturated heterocycles. The molecule has 0 saturated carbocycles. The van der Waals surface area contributed by atoms with E-state index in [0.717, 1.165) is 19.3 Å². The van der Waals surface area contributed by atoms with E-state index in [9.17, 15) is 0 Å². The van der Waals surface area contributed by atoms with E-state index >= 15 is 0 Å². The Morgan fingerprint density at radius 2 is 1.30 bits per heavy atom. The lowest BCUT2D eigenvalue weighted by molar-refractivity contribution is -0.656. The molecule has 0 aromatic rings. The fraction of sp³-hybridized carbons (Fsp3) is 1.00. The normalized spacial score (nSPS) is 32.1. The maximum atomic E-state index is 5.96. The minimum Gasteiger partial charge on any atom is -0.330 e. The van der Waals surface area contributed by atoms with Gasteiger partial charge in [-0.05, 0) is 33.6 Å². The molecule has 1 aliphatic rings. The van der Waals surface area contributed by atoms with Crippen molar-refractivity contribution < 1.29 is 23.7 Å². The van der Waals surface area contributed by atoms with Crippen molar-refractivity contribution in [1.82, 2.24) is 0 Å². The van der Waals surface area contributed by atoms with Gasteiger partial charge in [0.1, 0.15) is 5.41 Å². The van der Waals surface area contributed by atoms with Gasteiger partial charge in [0.2, 0.25) is 0 Å². The number of rotatable bonds is 10. The van der Waals surface area contributed by atoms with E-state index in [1.807, 2.05) is 20.8 Å². The molecule has 120 valence electrons. The van der Waals surface area contributed by atoms with E-state index < -0.39 is 17.4 Å². The molecule has 0 aromatic heterocycles. The molecule has 0 N–H and O–H groups in total. The second-order valence-electron chi connectivity index (χ2n) is 4.90. The fourth-order valence-electron chi connectivity index (χ4n) is 3.27. The van der Waals surface area contributed by atoms with Gasteiger partial charge in [-0.25, -0.2) is 0 Å². The topological polar surface area (TPSA) is 46.2 Å². The highest BCUT2D eigenvalue weighted by atomic mass is 17.0. The highest BCUT2D eigenvalue weighted by Gasteiger charge is 2.79. The molecule has 2 atom stereocenters. The zero-order chi connectivity index (χ0) is 15.3.